The molecule has 10 heteroatoms. The van der Waals surface area contributed by atoms with E-state index in [0.29, 0.717) is 6.07 Å². The van der Waals surface area contributed by atoms with Gasteiger partial charge in [0.1, 0.15) is 0 Å². The van der Waals surface area contributed by atoms with E-state index in [4.69, 9.17) is 4.74 Å². The number of rotatable bonds is 6. The van der Waals surface area contributed by atoms with Crippen LogP contribution in [0.25, 0.3) is 0 Å². The third-order valence-electron chi connectivity index (χ3n) is 2.84. The Morgan fingerprint density at radius 3 is 2.62 bits per heavy atom. The summed E-state index contributed by atoms with van der Waals surface area (Å²) in [5.74, 6) is -3.68. The van der Waals surface area contributed by atoms with Crippen LogP contribution in [0.5, 0.6) is 11.6 Å². The largest absolute Gasteiger partial charge is 0.493 e. The third-order valence-corrected chi connectivity index (χ3v) is 2.84. The van der Waals surface area contributed by atoms with Gasteiger partial charge in [-0.15, -0.1) is 0 Å². The van der Waals surface area contributed by atoms with Crippen molar-refractivity contribution < 1.29 is 31.8 Å². The molecule has 1 N–H and O–H groups in total. The Balaban J connectivity index is 2.08. The van der Waals surface area contributed by atoms with E-state index in [1.807, 2.05) is 0 Å². The van der Waals surface area contributed by atoms with Crippen LogP contribution < -0.4 is 14.8 Å². The van der Waals surface area contributed by atoms with Crippen LogP contribution in [0.1, 0.15) is 15.9 Å². The molecule has 0 spiro atoms. The van der Waals surface area contributed by atoms with Crippen molar-refractivity contribution >= 4 is 5.91 Å². The standard InChI is InChI=1S/C14H11F4N3O3/c1-23-11-8(3-19-6-10(11)16)5-20-12(22)7-2-9(15)13(21-4-7)24-14(17)18/h2-4,6,14H,5H2,1H3,(H,20,22). The fourth-order valence-electron chi connectivity index (χ4n) is 1.82. The van der Waals surface area contributed by atoms with Gasteiger partial charge in [-0.2, -0.15) is 8.78 Å². The second kappa shape index (κ2) is 7.57. The highest BCUT2D eigenvalue weighted by atomic mass is 19.3. The van der Waals surface area contributed by atoms with E-state index in [2.05, 4.69) is 20.0 Å². The number of pyridine rings is 2. The summed E-state index contributed by atoms with van der Waals surface area (Å²) >= 11 is 0. The lowest BCUT2D eigenvalue weighted by Gasteiger charge is -2.10. The van der Waals surface area contributed by atoms with Gasteiger partial charge >= 0.3 is 6.61 Å². The van der Waals surface area contributed by atoms with Crippen molar-refractivity contribution in [1.29, 1.82) is 0 Å². The number of methoxy groups -OCH3 is 1. The predicted molar refractivity (Wildman–Crippen MR) is 72.7 cm³/mol. The molecule has 2 rings (SSSR count). The van der Waals surface area contributed by atoms with Gasteiger partial charge in [0.2, 0.25) is 0 Å². The summed E-state index contributed by atoms with van der Waals surface area (Å²) < 4.78 is 59.7. The normalized spacial score (nSPS) is 10.6. The fourth-order valence-corrected chi connectivity index (χ4v) is 1.82. The van der Waals surface area contributed by atoms with E-state index in [-0.39, 0.29) is 23.4 Å². The van der Waals surface area contributed by atoms with Gasteiger partial charge in [-0.1, -0.05) is 0 Å². The van der Waals surface area contributed by atoms with Gasteiger partial charge in [-0.25, -0.2) is 13.8 Å². The molecular formula is C14H11F4N3O3. The molecule has 0 aliphatic rings. The monoisotopic (exact) mass is 345 g/mol. The number of nitrogens with one attached hydrogen (secondary N) is 1. The Labute approximate surface area is 133 Å². The van der Waals surface area contributed by atoms with Crippen molar-refractivity contribution in [2.75, 3.05) is 7.11 Å². The van der Waals surface area contributed by atoms with E-state index in [1.54, 1.807) is 0 Å². The highest BCUT2D eigenvalue weighted by molar-refractivity contribution is 5.93. The highest BCUT2D eigenvalue weighted by Crippen LogP contribution is 2.21. The average Bonchev–Trinajstić information content (AvgIpc) is 2.54. The van der Waals surface area contributed by atoms with Crippen molar-refractivity contribution in [3.05, 3.63) is 47.4 Å². The molecule has 0 fully saturated rings. The smallest absolute Gasteiger partial charge is 0.388 e. The number of carbonyl (C=O) groups excluding carboxylic acids is 1. The van der Waals surface area contributed by atoms with Gasteiger partial charge in [0.25, 0.3) is 11.8 Å². The first-order valence-corrected chi connectivity index (χ1v) is 6.47. The molecule has 0 saturated carbocycles. The number of hydrogen-bond acceptors (Lipinski definition) is 5. The van der Waals surface area contributed by atoms with E-state index in [9.17, 15) is 22.4 Å². The zero-order valence-corrected chi connectivity index (χ0v) is 12.2. The van der Waals surface area contributed by atoms with Gasteiger partial charge in [0.05, 0.1) is 18.9 Å². The van der Waals surface area contributed by atoms with Crippen LogP contribution in [0.3, 0.4) is 0 Å². The summed E-state index contributed by atoms with van der Waals surface area (Å²) in [4.78, 5) is 18.9. The molecular weight excluding hydrogens is 334 g/mol. The molecule has 1 amide bonds. The minimum absolute atomic E-state index is 0.0877. The summed E-state index contributed by atoms with van der Waals surface area (Å²) in [6, 6.07) is 0.696. The summed E-state index contributed by atoms with van der Waals surface area (Å²) in [6.07, 6.45) is 3.11. The Morgan fingerprint density at radius 2 is 2.00 bits per heavy atom. The quantitative estimate of drug-likeness (QED) is 0.814. The number of alkyl halides is 2. The Bertz CT molecular complexity index is 743. The molecule has 128 valence electrons. The maximum atomic E-state index is 13.5. The van der Waals surface area contributed by atoms with Gasteiger partial charge in [-0.3, -0.25) is 9.78 Å². The molecule has 24 heavy (non-hydrogen) atoms. The van der Waals surface area contributed by atoms with Crippen molar-refractivity contribution in [1.82, 2.24) is 15.3 Å². The number of amides is 1. The molecule has 0 aromatic carbocycles. The zero-order valence-electron chi connectivity index (χ0n) is 12.2. The minimum Gasteiger partial charge on any atom is -0.493 e. The van der Waals surface area contributed by atoms with Crippen molar-refractivity contribution in [2.24, 2.45) is 0 Å². The van der Waals surface area contributed by atoms with Crippen LogP contribution in [0.4, 0.5) is 17.6 Å². The van der Waals surface area contributed by atoms with Crippen molar-refractivity contribution in [3.8, 4) is 11.6 Å². The van der Waals surface area contributed by atoms with E-state index in [1.165, 1.54) is 13.3 Å². The second-order valence-corrected chi connectivity index (χ2v) is 4.39. The summed E-state index contributed by atoms with van der Waals surface area (Å²) in [5, 5.41) is 2.38. The molecule has 2 heterocycles. The summed E-state index contributed by atoms with van der Waals surface area (Å²) in [7, 11) is 1.25. The van der Waals surface area contributed by atoms with E-state index < -0.39 is 30.0 Å². The molecule has 2 aromatic heterocycles. The van der Waals surface area contributed by atoms with Crippen LogP contribution in [0.15, 0.2) is 24.7 Å². The van der Waals surface area contributed by atoms with Crippen LogP contribution in [0.2, 0.25) is 0 Å². The Hall–Kier alpha value is -2.91. The zero-order chi connectivity index (χ0) is 17.7. The lowest BCUT2D eigenvalue weighted by atomic mass is 10.2. The molecule has 0 unspecified atom stereocenters. The third kappa shape index (κ3) is 4.09. The molecule has 0 radical (unpaired) electrons. The van der Waals surface area contributed by atoms with Gasteiger partial charge in [0, 0.05) is 24.5 Å². The predicted octanol–water partition coefficient (Wildman–Crippen LogP) is 2.29. The number of hydrogen-bond donors (Lipinski definition) is 1. The van der Waals surface area contributed by atoms with E-state index >= 15 is 0 Å². The maximum Gasteiger partial charge on any atom is 0.388 e. The van der Waals surface area contributed by atoms with Gasteiger partial charge in [0.15, 0.2) is 17.4 Å². The number of aromatic nitrogens is 2. The number of halogens is 4. The molecule has 0 atom stereocenters. The minimum atomic E-state index is -3.24. The number of nitrogens with zero attached hydrogens (tertiary/aromatic N) is 2. The average molecular weight is 345 g/mol. The molecule has 6 nitrogen and oxygen atoms in total. The lowest BCUT2D eigenvalue weighted by molar-refractivity contribution is -0.0553. The SMILES string of the molecule is COc1c(F)cncc1CNC(=O)c1cnc(OC(F)F)c(F)c1. The first kappa shape index (κ1) is 17.4. The van der Waals surface area contributed by atoms with Crippen molar-refractivity contribution in [3.63, 3.8) is 0 Å². The topological polar surface area (TPSA) is 73.3 Å². The molecule has 0 saturated heterocycles. The molecule has 0 aliphatic heterocycles. The Kier molecular flexibility index (Phi) is 5.51. The van der Waals surface area contributed by atoms with Crippen molar-refractivity contribution in [2.45, 2.75) is 13.2 Å². The van der Waals surface area contributed by atoms with E-state index in [0.717, 1.165) is 12.4 Å². The molecule has 2 aromatic rings. The fraction of sp³-hybridized carbons (Fsp3) is 0.214. The molecule has 0 aliphatic carbocycles. The second-order valence-electron chi connectivity index (χ2n) is 4.39. The van der Waals surface area contributed by atoms with Crippen LogP contribution in [0, 0.1) is 11.6 Å². The van der Waals surface area contributed by atoms with Crippen LogP contribution >= 0.6 is 0 Å². The first-order valence-electron chi connectivity index (χ1n) is 6.47. The highest BCUT2D eigenvalue weighted by Gasteiger charge is 2.16. The first-order chi connectivity index (χ1) is 11.4. The number of carbonyl (C=O) groups is 1. The summed E-state index contributed by atoms with van der Waals surface area (Å²) in [5.41, 5.74) is 0.0365. The summed E-state index contributed by atoms with van der Waals surface area (Å²) in [6.45, 7) is -3.39. The maximum absolute atomic E-state index is 13.5. The molecule has 0 bridgehead atoms. The lowest BCUT2D eigenvalue weighted by Crippen LogP contribution is -2.23. The van der Waals surface area contributed by atoms with Crippen LogP contribution in [-0.4, -0.2) is 29.6 Å². The van der Waals surface area contributed by atoms with Gasteiger partial charge in [-0.05, 0) is 6.07 Å². The number of ether oxygens (including phenoxy) is 2. The van der Waals surface area contributed by atoms with Crippen LogP contribution in [-0.2, 0) is 6.54 Å². The Morgan fingerprint density at radius 1 is 1.25 bits per heavy atom. The van der Waals surface area contributed by atoms with Gasteiger partial charge < -0.3 is 14.8 Å².